The van der Waals surface area contributed by atoms with Gasteiger partial charge in [0.05, 0.1) is 16.0 Å². The van der Waals surface area contributed by atoms with Crippen LogP contribution in [-0.2, 0) is 7.05 Å². The monoisotopic (exact) mass is 281 g/mol. The van der Waals surface area contributed by atoms with Crippen LogP contribution < -0.4 is 9.88 Å². The second-order valence-electron chi connectivity index (χ2n) is 4.69. The summed E-state index contributed by atoms with van der Waals surface area (Å²) >= 11 is 1.76. The molecule has 1 heterocycles. The lowest BCUT2D eigenvalue weighted by molar-refractivity contribution is -0.646. The maximum atomic E-state index is 3.56. The number of rotatable bonds is 3. The van der Waals surface area contributed by atoms with E-state index in [1.807, 2.05) is 18.2 Å². The molecule has 20 heavy (non-hydrogen) atoms. The molecule has 0 unspecified atom stereocenters. The highest BCUT2D eigenvalue weighted by Gasteiger charge is 2.15. The number of hydrogen-bond acceptors (Lipinski definition) is 2. The molecule has 1 aromatic heterocycles. The molecule has 0 aliphatic heterocycles. The molecule has 2 nitrogen and oxygen atoms in total. The fourth-order valence-electron chi connectivity index (χ4n) is 2.38. The largest absolute Gasteiger partial charge is 0.354 e. The van der Waals surface area contributed by atoms with Crippen LogP contribution in [0.1, 0.15) is 0 Å². The third-order valence-electron chi connectivity index (χ3n) is 3.37. The van der Waals surface area contributed by atoms with Crippen molar-refractivity contribution < 1.29 is 4.57 Å². The zero-order valence-electron chi connectivity index (χ0n) is 11.6. The van der Waals surface area contributed by atoms with Gasteiger partial charge in [-0.1, -0.05) is 30.3 Å². The topological polar surface area (TPSA) is 15.9 Å². The molecule has 3 aromatic rings. The molecule has 0 bridgehead atoms. The Hall–Kier alpha value is -2.00. The maximum Gasteiger partial charge on any atom is 0.214 e. The van der Waals surface area contributed by atoms with Crippen molar-refractivity contribution >= 4 is 34.0 Å². The molecule has 0 saturated heterocycles. The van der Waals surface area contributed by atoms with E-state index in [0.717, 1.165) is 5.69 Å². The van der Waals surface area contributed by atoms with Crippen molar-refractivity contribution in [1.29, 1.82) is 0 Å². The van der Waals surface area contributed by atoms with Gasteiger partial charge in [0.25, 0.3) is 0 Å². The first kappa shape index (κ1) is 13.0. The molecule has 1 N–H and O–H groups in total. The highest BCUT2D eigenvalue weighted by atomic mass is 32.2. The Balaban J connectivity index is 2.20. The number of hydrogen-bond donors (Lipinski definition) is 1. The van der Waals surface area contributed by atoms with Crippen LogP contribution in [0.2, 0.25) is 0 Å². The second kappa shape index (κ2) is 5.55. The van der Waals surface area contributed by atoms with E-state index in [-0.39, 0.29) is 0 Å². The fraction of sp³-hybridized carbons (Fsp3) is 0.118. The first-order valence-electron chi connectivity index (χ1n) is 6.57. The van der Waals surface area contributed by atoms with Crippen LogP contribution in [0, 0.1) is 0 Å². The number of benzene rings is 2. The van der Waals surface area contributed by atoms with E-state index in [0.29, 0.717) is 0 Å². The lowest BCUT2D eigenvalue weighted by atomic mass is 10.1. The average Bonchev–Trinajstić information content (AvgIpc) is 2.51. The number of pyridine rings is 1. The summed E-state index contributed by atoms with van der Waals surface area (Å²) in [7, 11) is 2.09. The van der Waals surface area contributed by atoms with Gasteiger partial charge in [0.1, 0.15) is 7.05 Å². The van der Waals surface area contributed by atoms with Crippen molar-refractivity contribution in [3.63, 3.8) is 0 Å². The number of nitrogens with zero attached hydrogens (tertiary/aromatic N) is 1. The summed E-state index contributed by atoms with van der Waals surface area (Å²) in [5.74, 6) is 0. The molecule has 0 atom stereocenters. The SMILES string of the molecule is CSc1c[n+](C)c2ccccc2c1Nc1ccccc1. The van der Waals surface area contributed by atoms with Crippen molar-refractivity contribution in [3.8, 4) is 0 Å². The van der Waals surface area contributed by atoms with Crippen LogP contribution in [0.3, 0.4) is 0 Å². The van der Waals surface area contributed by atoms with E-state index in [1.165, 1.54) is 21.5 Å². The van der Waals surface area contributed by atoms with E-state index < -0.39 is 0 Å². The van der Waals surface area contributed by atoms with E-state index in [4.69, 9.17) is 0 Å². The Labute approximate surface area is 123 Å². The lowest BCUT2D eigenvalue weighted by Crippen LogP contribution is -2.29. The Morgan fingerprint density at radius 1 is 0.950 bits per heavy atom. The molecular formula is C17H17N2S+. The number of aryl methyl sites for hydroxylation is 1. The predicted molar refractivity (Wildman–Crippen MR) is 86.6 cm³/mol. The molecule has 0 fully saturated rings. The lowest BCUT2D eigenvalue weighted by Gasteiger charge is -2.12. The summed E-state index contributed by atoms with van der Waals surface area (Å²) in [5, 5.41) is 4.80. The first-order chi connectivity index (χ1) is 9.79. The Bertz CT molecular complexity index is 739. The van der Waals surface area contributed by atoms with Gasteiger partial charge >= 0.3 is 0 Å². The number of nitrogens with one attached hydrogen (secondary N) is 1. The molecule has 3 heteroatoms. The molecule has 3 rings (SSSR count). The normalized spacial score (nSPS) is 10.7. The van der Waals surface area contributed by atoms with Gasteiger partial charge < -0.3 is 5.32 Å². The van der Waals surface area contributed by atoms with Crippen LogP contribution in [0.5, 0.6) is 0 Å². The van der Waals surface area contributed by atoms with Gasteiger partial charge in [-0.25, -0.2) is 0 Å². The van der Waals surface area contributed by atoms with Gasteiger partial charge in [0.2, 0.25) is 5.52 Å². The quantitative estimate of drug-likeness (QED) is 0.574. The van der Waals surface area contributed by atoms with Crippen molar-refractivity contribution in [3.05, 3.63) is 60.8 Å². The molecule has 2 aromatic carbocycles. The molecule has 0 spiro atoms. The minimum Gasteiger partial charge on any atom is -0.354 e. The number of fused-ring (bicyclic) bond motifs is 1. The Kier molecular flexibility index (Phi) is 3.61. The summed E-state index contributed by atoms with van der Waals surface area (Å²) < 4.78 is 2.18. The zero-order valence-corrected chi connectivity index (χ0v) is 12.4. The molecule has 0 aliphatic rings. The van der Waals surface area contributed by atoms with Gasteiger partial charge in [-0.3, -0.25) is 0 Å². The molecule has 100 valence electrons. The van der Waals surface area contributed by atoms with Crippen LogP contribution >= 0.6 is 11.8 Å². The molecule has 0 radical (unpaired) electrons. The maximum absolute atomic E-state index is 3.56. The molecule has 0 amide bonds. The third kappa shape index (κ3) is 2.37. The number of para-hydroxylation sites is 2. The van der Waals surface area contributed by atoms with Crippen LogP contribution in [0.15, 0.2) is 65.7 Å². The Morgan fingerprint density at radius 2 is 1.65 bits per heavy atom. The van der Waals surface area contributed by atoms with Gasteiger partial charge in [0, 0.05) is 11.8 Å². The predicted octanol–water partition coefficient (Wildman–Crippen LogP) is 4.13. The molecular weight excluding hydrogens is 264 g/mol. The van der Waals surface area contributed by atoms with Gasteiger partial charge in [0.15, 0.2) is 6.20 Å². The smallest absolute Gasteiger partial charge is 0.214 e. The van der Waals surface area contributed by atoms with Crippen molar-refractivity contribution in [2.24, 2.45) is 7.05 Å². The van der Waals surface area contributed by atoms with E-state index in [1.54, 1.807) is 11.8 Å². The summed E-state index contributed by atoms with van der Waals surface area (Å²) in [5.41, 5.74) is 3.52. The average molecular weight is 281 g/mol. The van der Waals surface area contributed by atoms with Gasteiger partial charge in [-0.05, 0) is 24.5 Å². The molecule has 0 aliphatic carbocycles. The van der Waals surface area contributed by atoms with E-state index in [2.05, 4.69) is 65.8 Å². The molecule has 0 saturated carbocycles. The van der Waals surface area contributed by atoms with Crippen LogP contribution in [-0.4, -0.2) is 6.26 Å². The first-order valence-corrected chi connectivity index (χ1v) is 7.79. The van der Waals surface area contributed by atoms with Crippen molar-refractivity contribution in [2.75, 3.05) is 11.6 Å². The van der Waals surface area contributed by atoms with Crippen LogP contribution in [0.4, 0.5) is 11.4 Å². The third-order valence-corrected chi connectivity index (χ3v) is 4.12. The van der Waals surface area contributed by atoms with Gasteiger partial charge in [-0.15, -0.1) is 11.8 Å². The van der Waals surface area contributed by atoms with Gasteiger partial charge in [-0.2, -0.15) is 4.57 Å². The van der Waals surface area contributed by atoms with Crippen molar-refractivity contribution in [1.82, 2.24) is 0 Å². The fourth-order valence-corrected chi connectivity index (χ4v) is 3.01. The van der Waals surface area contributed by atoms with Crippen LogP contribution in [0.25, 0.3) is 10.9 Å². The zero-order chi connectivity index (χ0) is 13.9. The highest BCUT2D eigenvalue weighted by Crippen LogP contribution is 2.33. The number of anilines is 2. The minimum absolute atomic E-state index is 1.11. The second-order valence-corrected chi connectivity index (χ2v) is 5.54. The van der Waals surface area contributed by atoms with E-state index >= 15 is 0 Å². The summed E-state index contributed by atoms with van der Waals surface area (Å²) in [4.78, 5) is 1.25. The van der Waals surface area contributed by atoms with E-state index in [9.17, 15) is 0 Å². The standard InChI is InChI=1S/C17H16N2S/c1-19-12-16(20-2)17(14-10-6-7-11-15(14)19)18-13-8-4-3-5-9-13/h3-12H,1-2H3/p+1. The van der Waals surface area contributed by atoms with Crippen molar-refractivity contribution in [2.45, 2.75) is 4.90 Å². The Morgan fingerprint density at radius 3 is 2.40 bits per heavy atom. The number of thioether (sulfide) groups is 1. The minimum atomic E-state index is 1.11. The summed E-state index contributed by atoms with van der Waals surface area (Å²) in [6, 6.07) is 18.8. The summed E-state index contributed by atoms with van der Waals surface area (Å²) in [6.45, 7) is 0. The summed E-state index contributed by atoms with van der Waals surface area (Å²) in [6.07, 6.45) is 4.29. The number of aromatic nitrogens is 1. The highest BCUT2D eigenvalue weighted by molar-refractivity contribution is 7.98.